The molecule has 1 unspecified atom stereocenters. The molecule has 80 valence electrons. The third-order valence-electron chi connectivity index (χ3n) is 2.74. The van der Waals surface area contributed by atoms with E-state index in [0.29, 0.717) is 5.37 Å². The van der Waals surface area contributed by atoms with E-state index in [9.17, 15) is 0 Å². The lowest BCUT2D eigenvalue weighted by atomic mass is 10.1. The quantitative estimate of drug-likeness (QED) is 0.838. The van der Waals surface area contributed by atoms with E-state index in [4.69, 9.17) is 0 Å². The van der Waals surface area contributed by atoms with Gasteiger partial charge in [0.25, 0.3) is 0 Å². The molecule has 1 nitrogen and oxygen atoms in total. The van der Waals surface area contributed by atoms with Gasteiger partial charge in [-0.3, -0.25) is 0 Å². The van der Waals surface area contributed by atoms with Gasteiger partial charge in [-0.2, -0.15) is 0 Å². The van der Waals surface area contributed by atoms with E-state index >= 15 is 0 Å². The van der Waals surface area contributed by atoms with Crippen LogP contribution in [0.3, 0.4) is 0 Å². The SMILES string of the molecule is c1ccc(CC2Nc3ccccc3S2)cc1. The minimum atomic E-state index is 0.472. The maximum atomic E-state index is 3.55. The Balaban J connectivity index is 1.73. The molecular weight excluding hydrogens is 214 g/mol. The normalized spacial score (nSPS) is 17.9. The second-order valence-electron chi connectivity index (χ2n) is 3.94. The Hall–Kier alpha value is -1.41. The third kappa shape index (κ3) is 1.93. The molecule has 0 saturated heterocycles. The molecule has 3 rings (SSSR count). The highest BCUT2D eigenvalue weighted by Gasteiger charge is 2.20. The molecule has 1 heterocycles. The van der Waals surface area contributed by atoms with Crippen molar-refractivity contribution in [1.29, 1.82) is 0 Å². The van der Waals surface area contributed by atoms with E-state index in [-0.39, 0.29) is 0 Å². The first-order valence-corrected chi connectivity index (χ1v) is 6.36. The van der Waals surface area contributed by atoms with Crippen LogP contribution in [0.4, 0.5) is 5.69 Å². The Morgan fingerprint density at radius 3 is 2.50 bits per heavy atom. The molecule has 0 spiro atoms. The van der Waals surface area contributed by atoms with E-state index in [2.05, 4.69) is 59.9 Å². The van der Waals surface area contributed by atoms with Gasteiger partial charge in [0, 0.05) is 17.0 Å². The molecule has 1 atom stereocenters. The number of para-hydroxylation sites is 1. The summed E-state index contributed by atoms with van der Waals surface area (Å²) < 4.78 is 0. The van der Waals surface area contributed by atoms with Crippen molar-refractivity contribution < 1.29 is 0 Å². The molecule has 2 aromatic rings. The number of nitrogens with one attached hydrogen (secondary N) is 1. The van der Waals surface area contributed by atoms with Crippen LogP contribution in [0.1, 0.15) is 5.56 Å². The zero-order valence-electron chi connectivity index (χ0n) is 8.89. The summed E-state index contributed by atoms with van der Waals surface area (Å²) in [7, 11) is 0. The van der Waals surface area contributed by atoms with Gasteiger partial charge >= 0.3 is 0 Å². The van der Waals surface area contributed by atoms with Gasteiger partial charge in [0.05, 0.1) is 5.37 Å². The van der Waals surface area contributed by atoms with E-state index in [1.54, 1.807) is 0 Å². The smallest absolute Gasteiger partial charge is 0.0810 e. The Morgan fingerprint density at radius 1 is 0.938 bits per heavy atom. The van der Waals surface area contributed by atoms with Gasteiger partial charge in [-0.05, 0) is 17.7 Å². The Kier molecular flexibility index (Phi) is 2.58. The van der Waals surface area contributed by atoms with Gasteiger partial charge in [0.1, 0.15) is 0 Å². The molecule has 1 aliphatic heterocycles. The number of hydrogen-bond acceptors (Lipinski definition) is 2. The van der Waals surface area contributed by atoms with Crippen LogP contribution in [-0.2, 0) is 6.42 Å². The Labute approximate surface area is 99.9 Å². The molecule has 16 heavy (non-hydrogen) atoms. The first-order chi connectivity index (χ1) is 7.92. The number of benzene rings is 2. The highest BCUT2D eigenvalue weighted by molar-refractivity contribution is 8.00. The summed E-state index contributed by atoms with van der Waals surface area (Å²) >= 11 is 1.92. The molecule has 0 radical (unpaired) electrons. The molecule has 2 heteroatoms. The summed E-state index contributed by atoms with van der Waals surface area (Å²) in [5.41, 5.74) is 2.66. The van der Waals surface area contributed by atoms with Crippen molar-refractivity contribution in [3.05, 3.63) is 60.2 Å². The van der Waals surface area contributed by atoms with Crippen LogP contribution in [0.5, 0.6) is 0 Å². The first kappa shape index (κ1) is 9.79. The van der Waals surface area contributed by atoms with Crippen LogP contribution in [0, 0.1) is 0 Å². The number of rotatable bonds is 2. The second-order valence-corrected chi connectivity index (χ2v) is 5.18. The van der Waals surface area contributed by atoms with Crippen molar-refractivity contribution in [2.45, 2.75) is 16.7 Å². The summed E-state index contributed by atoms with van der Waals surface area (Å²) in [6.45, 7) is 0. The number of thioether (sulfide) groups is 1. The first-order valence-electron chi connectivity index (χ1n) is 5.48. The van der Waals surface area contributed by atoms with Crippen LogP contribution in [-0.4, -0.2) is 5.37 Å². The molecule has 0 fully saturated rings. The zero-order chi connectivity index (χ0) is 10.8. The summed E-state index contributed by atoms with van der Waals surface area (Å²) in [4.78, 5) is 1.36. The number of anilines is 1. The molecule has 2 aromatic carbocycles. The molecule has 0 amide bonds. The maximum absolute atomic E-state index is 3.55. The highest BCUT2D eigenvalue weighted by Crippen LogP contribution is 2.39. The van der Waals surface area contributed by atoms with Gasteiger partial charge in [-0.1, -0.05) is 54.2 Å². The molecule has 1 N–H and O–H groups in total. The van der Waals surface area contributed by atoms with Crippen LogP contribution >= 0.6 is 11.8 Å². The minimum Gasteiger partial charge on any atom is -0.372 e. The molecule has 1 aliphatic rings. The van der Waals surface area contributed by atoms with Crippen LogP contribution < -0.4 is 5.32 Å². The summed E-state index contributed by atoms with van der Waals surface area (Å²) in [5.74, 6) is 0. The fraction of sp³-hybridized carbons (Fsp3) is 0.143. The monoisotopic (exact) mass is 227 g/mol. The van der Waals surface area contributed by atoms with E-state index in [1.165, 1.54) is 16.1 Å². The van der Waals surface area contributed by atoms with Crippen LogP contribution in [0.25, 0.3) is 0 Å². The van der Waals surface area contributed by atoms with Crippen molar-refractivity contribution >= 4 is 17.4 Å². The molecular formula is C14H13NS. The maximum Gasteiger partial charge on any atom is 0.0810 e. The van der Waals surface area contributed by atoms with Crippen molar-refractivity contribution in [2.75, 3.05) is 5.32 Å². The summed E-state index contributed by atoms with van der Waals surface area (Å²) in [6, 6.07) is 19.1. The second kappa shape index (κ2) is 4.22. The van der Waals surface area contributed by atoms with Gasteiger partial charge in [-0.15, -0.1) is 0 Å². The standard InChI is InChI=1S/C14H13NS/c1-2-6-11(7-3-1)10-14-15-12-8-4-5-9-13(12)16-14/h1-9,14-15H,10H2. The van der Waals surface area contributed by atoms with Gasteiger partial charge < -0.3 is 5.32 Å². The lowest BCUT2D eigenvalue weighted by Crippen LogP contribution is -2.12. The summed E-state index contributed by atoms with van der Waals surface area (Å²) in [6.07, 6.45) is 1.07. The van der Waals surface area contributed by atoms with Gasteiger partial charge in [-0.25, -0.2) is 0 Å². The van der Waals surface area contributed by atoms with Crippen molar-refractivity contribution in [2.24, 2.45) is 0 Å². The van der Waals surface area contributed by atoms with Crippen molar-refractivity contribution in [1.82, 2.24) is 0 Å². The molecule has 0 bridgehead atoms. The predicted molar refractivity (Wildman–Crippen MR) is 69.9 cm³/mol. The third-order valence-corrected chi connectivity index (χ3v) is 3.92. The number of hydrogen-bond donors (Lipinski definition) is 1. The zero-order valence-corrected chi connectivity index (χ0v) is 9.71. The minimum absolute atomic E-state index is 0.472. The fourth-order valence-electron chi connectivity index (χ4n) is 1.97. The summed E-state index contributed by atoms with van der Waals surface area (Å²) in [5, 5.41) is 4.02. The predicted octanol–water partition coefficient (Wildman–Crippen LogP) is 3.77. The van der Waals surface area contributed by atoms with Crippen LogP contribution in [0.15, 0.2) is 59.5 Å². The van der Waals surface area contributed by atoms with Crippen LogP contribution in [0.2, 0.25) is 0 Å². The molecule has 0 aliphatic carbocycles. The average Bonchev–Trinajstić information content (AvgIpc) is 2.72. The topological polar surface area (TPSA) is 12.0 Å². The molecule has 0 aromatic heterocycles. The lowest BCUT2D eigenvalue weighted by Gasteiger charge is -2.09. The Bertz CT molecular complexity index is 456. The Morgan fingerprint density at radius 2 is 1.69 bits per heavy atom. The van der Waals surface area contributed by atoms with Gasteiger partial charge in [0.2, 0.25) is 0 Å². The van der Waals surface area contributed by atoms with E-state index < -0.39 is 0 Å². The average molecular weight is 227 g/mol. The number of fused-ring (bicyclic) bond motifs is 1. The van der Waals surface area contributed by atoms with Crippen molar-refractivity contribution in [3.63, 3.8) is 0 Å². The van der Waals surface area contributed by atoms with E-state index in [0.717, 1.165) is 6.42 Å². The lowest BCUT2D eigenvalue weighted by molar-refractivity contribution is 0.969. The fourth-order valence-corrected chi connectivity index (χ4v) is 3.14. The molecule has 0 saturated carbocycles. The highest BCUT2D eigenvalue weighted by atomic mass is 32.2. The van der Waals surface area contributed by atoms with E-state index in [1.807, 2.05) is 11.8 Å². The largest absolute Gasteiger partial charge is 0.372 e. The van der Waals surface area contributed by atoms with Gasteiger partial charge in [0.15, 0.2) is 0 Å². The van der Waals surface area contributed by atoms with Crippen molar-refractivity contribution in [3.8, 4) is 0 Å².